The fraction of sp³-hybridized carbons (Fsp3) is 0.548. The molecule has 2 aliphatic heterocycles. The van der Waals surface area contributed by atoms with E-state index in [2.05, 4.69) is 70.8 Å². The average molecular weight is 555 g/mol. The number of imide groups is 1. The van der Waals surface area contributed by atoms with Gasteiger partial charge in [0.25, 0.3) is 5.24 Å². The lowest BCUT2D eigenvalue weighted by molar-refractivity contribution is -0.118. The maximum Gasteiger partial charge on any atom is 0.286 e. The van der Waals surface area contributed by atoms with Gasteiger partial charge in [0, 0.05) is 19.1 Å². The van der Waals surface area contributed by atoms with Crippen molar-refractivity contribution in [3.63, 3.8) is 0 Å². The lowest BCUT2D eigenvalue weighted by Gasteiger charge is -2.38. The Labute approximate surface area is 236 Å². The monoisotopic (exact) mass is 554 g/mol. The van der Waals surface area contributed by atoms with Gasteiger partial charge >= 0.3 is 0 Å². The number of nitrogens with one attached hydrogen (secondary N) is 1. The number of nitrogens with zero attached hydrogens (tertiary/aromatic N) is 1. The summed E-state index contributed by atoms with van der Waals surface area (Å²) < 4.78 is 12.4. The van der Waals surface area contributed by atoms with Gasteiger partial charge in [0.2, 0.25) is 5.91 Å². The molecule has 2 aromatic carbocycles. The van der Waals surface area contributed by atoms with Gasteiger partial charge in [-0.25, -0.2) is 0 Å². The lowest BCUT2D eigenvalue weighted by Crippen LogP contribution is -2.45. The second kappa shape index (κ2) is 11.5. The number of hydrogen-bond acceptors (Lipinski definition) is 7. The van der Waals surface area contributed by atoms with Gasteiger partial charge in [0.15, 0.2) is 0 Å². The van der Waals surface area contributed by atoms with Crippen LogP contribution in [0.3, 0.4) is 0 Å². The normalized spacial score (nSPS) is 21.6. The summed E-state index contributed by atoms with van der Waals surface area (Å²) in [5.74, 6) is 0.940. The van der Waals surface area contributed by atoms with Crippen LogP contribution in [-0.2, 0) is 26.8 Å². The van der Waals surface area contributed by atoms with Crippen LogP contribution in [-0.4, -0.2) is 58.7 Å². The minimum absolute atomic E-state index is 0.0826. The molecule has 3 atom stereocenters. The molecule has 39 heavy (non-hydrogen) atoms. The van der Waals surface area contributed by atoms with E-state index in [1.54, 1.807) is 0 Å². The molecule has 2 aromatic rings. The van der Waals surface area contributed by atoms with E-state index in [1.165, 1.54) is 0 Å². The molecule has 0 aliphatic carbocycles. The first-order chi connectivity index (χ1) is 18.2. The molecule has 2 saturated heterocycles. The van der Waals surface area contributed by atoms with Crippen molar-refractivity contribution in [3.05, 3.63) is 58.7 Å². The molecule has 2 aliphatic rings. The number of hydrogen-bond donors (Lipinski definition) is 2. The van der Waals surface area contributed by atoms with E-state index in [9.17, 15) is 14.7 Å². The van der Waals surface area contributed by atoms with Gasteiger partial charge in [0.05, 0.1) is 18.0 Å². The van der Waals surface area contributed by atoms with Gasteiger partial charge in [-0.05, 0) is 70.7 Å². The van der Waals surface area contributed by atoms with Crippen LogP contribution >= 0.6 is 11.8 Å². The second-order valence-electron chi connectivity index (χ2n) is 12.7. The first-order valence-electron chi connectivity index (χ1n) is 13.7. The molecule has 2 N–H and O–H groups in total. The smallest absolute Gasteiger partial charge is 0.286 e. The summed E-state index contributed by atoms with van der Waals surface area (Å²) in [6.45, 7) is 17.7. The maximum absolute atomic E-state index is 11.8. The number of rotatable bonds is 7. The minimum atomic E-state index is -0.369. The Morgan fingerprint density at radius 3 is 2.23 bits per heavy atom. The van der Waals surface area contributed by atoms with Gasteiger partial charge in [-0.2, -0.15) is 0 Å². The zero-order valence-corrected chi connectivity index (χ0v) is 25.0. The van der Waals surface area contributed by atoms with Crippen LogP contribution in [0.1, 0.15) is 76.8 Å². The number of thioether (sulfide) groups is 1. The van der Waals surface area contributed by atoms with Crippen LogP contribution in [0.2, 0.25) is 0 Å². The molecule has 2 amide bonds. The third-order valence-corrected chi connectivity index (χ3v) is 8.43. The molecule has 7 nitrogen and oxygen atoms in total. The Hall–Kier alpha value is -2.55. The van der Waals surface area contributed by atoms with Crippen LogP contribution in [0.4, 0.5) is 4.79 Å². The highest BCUT2D eigenvalue weighted by molar-refractivity contribution is 8.15. The third-order valence-electron chi connectivity index (χ3n) is 7.44. The molecule has 0 bridgehead atoms. The maximum atomic E-state index is 11.8. The molecule has 8 heteroatoms. The first-order valence-corrected chi connectivity index (χ1v) is 14.6. The predicted octanol–water partition coefficient (Wildman–Crippen LogP) is 5.72. The summed E-state index contributed by atoms with van der Waals surface area (Å²) in [5.41, 5.74) is 3.61. The Balaban J connectivity index is 1.39. The van der Waals surface area contributed by atoms with Gasteiger partial charge < -0.3 is 14.6 Å². The van der Waals surface area contributed by atoms with E-state index < -0.39 is 0 Å². The number of aromatic hydroxyl groups is 1. The molecule has 0 saturated carbocycles. The average Bonchev–Trinajstić information content (AvgIpc) is 3.18. The summed E-state index contributed by atoms with van der Waals surface area (Å²) in [6.07, 6.45) is 0.431. The Morgan fingerprint density at radius 2 is 1.69 bits per heavy atom. The summed E-state index contributed by atoms with van der Waals surface area (Å²) in [7, 11) is 0. The van der Waals surface area contributed by atoms with Crippen molar-refractivity contribution < 1.29 is 24.2 Å². The van der Waals surface area contributed by atoms with Crippen molar-refractivity contribution in [2.75, 3.05) is 26.3 Å². The molecule has 4 rings (SSSR count). The SMILES string of the molecule is CC(COc1ccc(CC2SC(=O)NC2=O)cc1)N1CCOC(c2cc(C(C)(C)C)c(O)c(C(C)(C)C)c2)C1. The van der Waals surface area contributed by atoms with Crippen LogP contribution in [0.25, 0.3) is 0 Å². The van der Waals surface area contributed by atoms with Gasteiger partial charge in [-0.1, -0.05) is 65.4 Å². The fourth-order valence-corrected chi connectivity index (χ4v) is 5.90. The van der Waals surface area contributed by atoms with E-state index in [1.807, 2.05) is 24.3 Å². The molecule has 212 valence electrons. The van der Waals surface area contributed by atoms with E-state index in [0.717, 1.165) is 52.9 Å². The predicted molar refractivity (Wildman–Crippen MR) is 156 cm³/mol. The van der Waals surface area contributed by atoms with Crippen molar-refractivity contribution in [1.82, 2.24) is 10.2 Å². The number of ether oxygens (including phenoxy) is 2. The molecule has 0 aromatic heterocycles. The third kappa shape index (κ3) is 7.16. The molecule has 2 fully saturated rings. The van der Waals surface area contributed by atoms with Crippen LogP contribution in [0.15, 0.2) is 36.4 Å². The molecular formula is C31H42N2O5S. The van der Waals surface area contributed by atoms with Gasteiger partial charge in [-0.15, -0.1) is 0 Å². The second-order valence-corrected chi connectivity index (χ2v) is 13.9. The van der Waals surface area contributed by atoms with Crippen molar-refractivity contribution in [2.24, 2.45) is 0 Å². The standard InChI is InChI=1S/C31H42N2O5S/c1-19(18-38-22-10-8-20(9-11-22)14-26-28(35)32-29(36)39-26)33-12-13-37-25(17-33)21-15-23(30(2,3)4)27(34)24(16-21)31(5,6)7/h8-11,15-16,19,25-26,34H,12-14,17-18H2,1-7H3,(H,32,35,36). The molecule has 0 spiro atoms. The van der Waals surface area contributed by atoms with E-state index in [0.29, 0.717) is 25.4 Å². The fourth-order valence-electron chi connectivity index (χ4n) is 5.04. The Kier molecular flexibility index (Phi) is 8.69. The molecule has 3 unspecified atom stereocenters. The van der Waals surface area contributed by atoms with Crippen molar-refractivity contribution in [2.45, 2.75) is 83.1 Å². The number of phenolic OH excluding ortho intramolecular Hbond substituents is 1. The van der Waals surface area contributed by atoms with Crippen molar-refractivity contribution >= 4 is 22.9 Å². The summed E-state index contributed by atoms with van der Waals surface area (Å²) in [6, 6.07) is 12.2. The summed E-state index contributed by atoms with van der Waals surface area (Å²) in [4.78, 5) is 25.6. The summed E-state index contributed by atoms with van der Waals surface area (Å²) in [5, 5.41) is 12.8. The van der Waals surface area contributed by atoms with Crippen molar-refractivity contribution in [3.8, 4) is 11.5 Å². The Bertz CT molecular complexity index is 1160. The van der Waals surface area contributed by atoms with Crippen LogP contribution in [0, 0.1) is 0 Å². The highest BCUT2D eigenvalue weighted by Crippen LogP contribution is 2.41. The van der Waals surface area contributed by atoms with E-state index in [-0.39, 0.29) is 39.4 Å². The number of benzene rings is 2. The van der Waals surface area contributed by atoms with Gasteiger partial charge in [-0.3, -0.25) is 19.8 Å². The lowest BCUT2D eigenvalue weighted by atomic mass is 9.78. The summed E-state index contributed by atoms with van der Waals surface area (Å²) >= 11 is 1.05. The quantitative estimate of drug-likeness (QED) is 0.452. The van der Waals surface area contributed by atoms with Crippen LogP contribution < -0.4 is 10.1 Å². The number of carbonyl (C=O) groups is 2. The largest absolute Gasteiger partial charge is 0.507 e. The number of carbonyl (C=O) groups excluding carboxylic acids is 2. The van der Waals surface area contributed by atoms with Gasteiger partial charge in [0.1, 0.15) is 18.1 Å². The first kappa shape index (κ1) is 29.4. The van der Waals surface area contributed by atoms with E-state index in [4.69, 9.17) is 9.47 Å². The van der Waals surface area contributed by atoms with Crippen molar-refractivity contribution in [1.29, 1.82) is 0 Å². The van der Waals surface area contributed by atoms with E-state index >= 15 is 0 Å². The number of morpholine rings is 1. The number of phenols is 1. The molecule has 0 radical (unpaired) electrons. The number of amides is 2. The zero-order chi connectivity index (χ0) is 28.5. The molecule has 2 heterocycles. The topological polar surface area (TPSA) is 88.1 Å². The molecular weight excluding hydrogens is 512 g/mol. The Morgan fingerprint density at radius 1 is 1.08 bits per heavy atom. The highest BCUT2D eigenvalue weighted by Gasteiger charge is 2.32. The zero-order valence-electron chi connectivity index (χ0n) is 24.2. The minimum Gasteiger partial charge on any atom is -0.507 e. The highest BCUT2D eigenvalue weighted by atomic mass is 32.2. The van der Waals surface area contributed by atoms with Crippen LogP contribution in [0.5, 0.6) is 11.5 Å².